The van der Waals surface area contributed by atoms with Crippen molar-refractivity contribution >= 4 is 11.4 Å². The third kappa shape index (κ3) is 1.44. The fourth-order valence-corrected chi connectivity index (χ4v) is 2.03. The monoisotopic (exact) mass is 191 g/mol. The van der Waals surface area contributed by atoms with Gasteiger partial charge in [0.15, 0.2) is 0 Å². The summed E-state index contributed by atoms with van der Waals surface area (Å²) in [6, 6.07) is 4.01. The molecule has 0 saturated heterocycles. The van der Waals surface area contributed by atoms with E-state index in [0.717, 1.165) is 31.7 Å². The molecule has 0 saturated carbocycles. The standard InChI is InChI=1S/C11H17N3/c1-2-14-6-5-9-8(7-14)3-4-10(12)11(9)13/h3-4H,2,5-7,12-13H2,1H3. The first-order valence-corrected chi connectivity index (χ1v) is 5.10. The van der Waals surface area contributed by atoms with E-state index in [0.29, 0.717) is 5.69 Å². The lowest BCUT2D eigenvalue weighted by atomic mass is 9.97. The van der Waals surface area contributed by atoms with Gasteiger partial charge in [-0.15, -0.1) is 0 Å². The lowest BCUT2D eigenvalue weighted by Crippen LogP contribution is -2.30. The van der Waals surface area contributed by atoms with E-state index in [-0.39, 0.29) is 0 Å². The minimum Gasteiger partial charge on any atom is -0.397 e. The number of nitrogens with two attached hydrogens (primary N) is 2. The van der Waals surface area contributed by atoms with Gasteiger partial charge in [0.25, 0.3) is 0 Å². The van der Waals surface area contributed by atoms with Gasteiger partial charge in [-0.2, -0.15) is 0 Å². The molecule has 0 spiro atoms. The van der Waals surface area contributed by atoms with E-state index in [1.807, 2.05) is 6.07 Å². The van der Waals surface area contributed by atoms with Crippen LogP contribution >= 0.6 is 0 Å². The molecule has 14 heavy (non-hydrogen) atoms. The average Bonchev–Trinajstić information content (AvgIpc) is 2.23. The Hall–Kier alpha value is -1.22. The third-order valence-electron chi connectivity index (χ3n) is 3.01. The van der Waals surface area contributed by atoms with Crippen molar-refractivity contribution in [2.24, 2.45) is 0 Å². The Morgan fingerprint density at radius 3 is 2.86 bits per heavy atom. The predicted octanol–water partition coefficient (Wildman–Crippen LogP) is 1.23. The highest BCUT2D eigenvalue weighted by Gasteiger charge is 2.17. The van der Waals surface area contributed by atoms with Crippen LogP contribution in [0.5, 0.6) is 0 Å². The molecule has 3 nitrogen and oxygen atoms in total. The lowest BCUT2D eigenvalue weighted by Gasteiger charge is -2.28. The van der Waals surface area contributed by atoms with Crippen LogP contribution in [0.2, 0.25) is 0 Å². The van der Waals surface area contributed by atoms with Crippen molar-refractivity contribution in [2.75, 3.05) is 24.6 Å². The molecule has 0 fully saturated rings. The maximum atomic E-state index is 5.95. The quantitative estimate of drug-likeness (QED) is 0.656. The normalized spacial score (nSPS) is 16.6. The number of hydrogen-bond donors (Lipinski definition) is 2. The van der Waals surface area contributed by atoms with Crippen molar-refractivity contribution in [1.29, 1.82) is 0 Å². The molecule has 0 atom stereocenters. The van der Waals surface area contributed by atoms with Crippen molar-refractivity contribution in [3.8, 4) is 0 Å². The highest BCUT2D eigenvalue weighted by molar-refractivity contribution is 5.69. The molecule has 0 radical (unpaired) electrons. The zero-order chi connectivity index (χ0) is 10.1. The minimum atomic E-state index is 0.716. The smallest absolute Gasteiger partial charge is 0.0584 e. The summed E-state index contributed by atoms with van der Waals surface area (Å²) in [5, 5.41) is 0. The Morgan fingerprint density at radius 2 is 2.14 bits per heavy atom. The zero-order valence-electron chi connectivity index (χ0n) is 8.59. The highest BCUT2D eigenvalue weighted by atomic mass is 15.1. The van der Waals surface area contributed by atoms with Gasteiger partial charge in [-0.25, -0.2) is 0 Å². The van der Waals surface area contributed by atoms with Crippen LogP contribution in [-0.4, -0.2) is 18.0 Å². The van der Waals surface area contributed by atoms with Crippen LogP contribution in [0.1, 0.15) is 18.1 Å². The first-order valence-electron chi connectivity index (χ1n) is 5.10. The molecule has 0 bridgehead atoms. The summed E-state index contributed by atoms with van der Waals surface area (Å²) in [5.41, 5.74) is 15.8. The summed E-state index contributed by atoms with van der Waals surface area (Å²) in [4.78, 5) is 2.41. The van der Waals surface area contributed by atoms with E-state index in [1.54, 1.807) is 0 Å². The maximum absolute atomic E-state index is 5.95. The highest BCUT2D eigenvalue weighted by Crippen LogP contribution is 2.28. The van der Waals surface area contributed by atoms with E-state index >= 15 is 0 Å². The summed E-state index contributed by atoms with van der Waals surface area (Å²) in [5.74, 6) is 0. The summed E-state index contributed by atoms with van der Waals surface area (Å²) in [7, 11) is 0. The van der Waals surface area contributed by atoms with Gasteiger partial charge in [-0.1, -0.05) is 13.0 Å². The molecule has 2 rings (SSSR count). The molecule has 76 valence electrons. The van der Waals surface area contributed by atoms with E-state index in [2.05, 4.69) is 17.9 Å². The topological polar surface area (TPSA) is 55.3 Å². The number of nitrogens with zero attached hydrogens (tertiary/aromatic N) is 1. The first kappa shape index (κ1) is 9.34. The summed E-state index contributed by atoms with van der Waals surface area (Å²) >= 11 is 0. The van der Waals surface area contributed by atoms with Crippen LogP contribution < -0.4 is 11.5 Å². The molecule has 0 aromatic heterocycles. The van der Waals surface area contributed by atoms with Crippen molar-refractivity contribution in [1.82, 2.24) is 4.90 Å². The number of nitrogen functional groups attached to an aromatic ring is 2. The van der Waals surface area contributed by atoms with Gasteiger partial charge >= 0.3 is 0 Å². The first-order chi connectivity index (χ1) is 6.72. The number of likely N-dealkylation sites (N-methyl/N-ethyl adjacent to an activating group) is 1. The Balaban J connectivity index is 2.36. The molecule has 1 aromatic carbocycles. The molecular formula is C11H17N3. The Bertz CT molecular complexity index is 347. The van der Waals surface area contributed by atoms with Crippen molar-refractivity contribution in [2.45, 2.75) is 19.9 Å². The molecule has 1 aromatic rings. The average molecular weight is 191 g/mol. The molecule has 4 N–H and O–H groups in total. The van der Waals surface area contributed by atoms with Crippen LogP contribution in [0, 0.1) is 0 Å². The van der Waals surface area contributed by atoms with Gasteiger partial charge in [0.1, 0.15) is 0 Å². The van der Waals surface area contributed by atoms with E-state index < -0.39 is 0 Å². The van der Waals surface area contributed by atoms with Gasteiger partial charge in [-0.05, 0) is 30.2 Å². The zero-order valence-corrected chi connectivity index (χ0v) is 8.59. The second-order valence-corrected chi connectivity index (χ2v) is 3.82. The van der Waals surface area contributed by atoms with Crippen LogP contribution in [0.3, 0.4) is 0 Å². The molecule has 0 aliphatic carbocycles. The number of anilines is 2. The third-order valence-corrected chi connectivity index (χ3v) is 3.01. The second-order valence-electron chi connectivity index (χ2n) is 3.82. The van der Waals surface area contributed by atoms with Crippen molar-refractivity contribution in [3.05, 3.63) is 23.3 Å². The number of fused-ring (bicyclic) bond motifs is 1. The van der Waals surface area contributed by atoms with Gasteiger partial charge < -0.3 is 11.5 Å². The second kappa shape index (κ2) is 3.50. The van der Waals surface area contributed by atoms with E-state index in [9.17, 15) is 0 Å². The van der Waals surface area contributed by atoms with Crippen LogP contribution in [0.4, 0.5) is 11.4 Å². The van der Waals surface area contributed by atoms with Crippen LogP contribution in [0.25, 0.3) is 0 Å². The maximum Gasteiger partial charge on any atom is 0.0584 e. The van der Waals surface area contributed by atoms with Crippen molar-refractivity contribution in [3.63, 3.8) is 0 Å². The molecule has 1 aliphatic rings. The number of benzene rings is 1. The lowest BCUT2D eigenvalue weighted by molar-refractivity contribution is 0.268. The number of rotatable bonds is 1. The Kier molecular flexibility index (Phi) is 2.33. The Labute approximate surface area is 84.7 Å². The largest absolute Gasteiger partial charge is 0.397 e. The van der Waals surface area contributed by atoms with Gasteiger partial charge in [0, 0.05) is 13.1 Å². The van der Waals surface area contributed by atoms with Gasteiger partial charge in [-0.3, -0.25) is 4.90 Å². The molecule has 1 heterocycles. The van der Waals surface area contributed by atoms with E-state index in [1.165, 1.54) is 11.1 Å². The van der Waals surface area contributed by atoms with E-state index in [4.69, 9.17) is 11.5 Å². The molecule has 0 unspecified atom stereocenters. The minimum absolute atomic E-state index is 0.716. The van der Waals surface area contributed by atoms with Gasteiger partial charge in [0.05, 0.1) is 11.4 Å². The summed E-state index contributed by atoms with van der Waals surface area (Å²) in [6.45, 7) is 5.39. The molecule has 0 amide bonds. The predicted molar refractivity (Wildman–Crippen MR) is 59.9 cm³/mol. The SMILES string of the molecule is CCN1CCc2c(ccc(N)c2N)C1. The molecule has 1 aliphatic heterocycles. The fraction of sp³-hybridized carbons (Fsp3) is 0.455. The van der Waals surface area contributed by atoms with Crippen LogP contribution in [-0.2, 0) is 13.0 Å². The molecule has 3 heteroatoms. The van der Waals surface area contributed by atoms with Gasteiger partial charge in [0.2, 0.25) is 0 Å². The Morgan fingerprint density at radius 1 is 1.36 bits per heavy atom. The number of hydrogen-bond acceptors (Lipinski definition) is 3. The summed E-state index contributed by atoms with van der Waals surface area (Å²) < 4.78 is 0. The van der Waals surface area contributed by atoms with Crippen LogP contribution in [0.15, 0.2) is 12.1 Å². The van der Waals surface area contributed by atoms with Crippen molar-refractivity contribution < 1.29 is 0 Å². The summed E-state index contributed by atoms with van der Waals surface area (Å²) in [6.07, 6.45) is 1.03. The molecular weight excluding hydrogens is 174 g/mol. The fourth-order valence-electron chi connectivity index (χ4n) is 2.03.